The largest absolute Gasteiger partial charge is 0.489 e. The molecule has 12 heteroatoms. The number of oxazole rings is 1. The summed E-state index contributed by atoms with van der Waals surface area (Å²) in [5, 5.41) is 6.61. The highest BCUT2D eigenvalue weighted by molar-refractivity contribution is 7.13. The Labute approximate surface area is 264 Å². The van der Waals surface area contributed by atoms with E-state index in [1.54, 1.807) is 17.0 Å². The average molecular weight is 626 g/mol. The summed E-state index contributed by atoms with van der Waals surface area (Å²) in [4.78, 5) is 34.7. The maximum Gasteiger partial charge on any atom is 0.260 e. The van der Waals surface area contributed by atoms with Crippen molar-refractivity contribution in [2.75, 3.05) is 38.7 Å². The number of hydrogen-bond acceptors (Lipinski definition) is 11. The molecule has 2 aliphatic rings. The number of nitrogens with zero attached hydrogens (tertiary/aromatic N) is 6. The standard InChI is InChI=1S/C33H35N7O4S/c1-21(22-9-13-42-14-10-22)27-16-23-17-35-33(37-24-5-7-25(8-6-24)44-26-4-3-12-39(2)18-26)38-30(23)40(32(27)41)19-28-29(36-20-43-28)31-34-11-15-45-31/h5-8,11,15-17,20,22,26H,1,3-4,9-10,12-14,18-19H2,2H3,(H,35,37,38). The number of likely N-dealkylation sites (N-methyl/N-ethyl adjacent to an activating group) is 1. The molecule has 1 N–H and O–H groups in total. The number of benzene rings is 1. The third-order valence-electron chi connectivity index (χ3n) is 8.46. The lowest BCUT2D eigenvalue weighted by Crippen LogP contribution is -2.38. The van der Waals surface area contributed by atoms with Crippen LogP contribution >= 0.6 is 11.3 Å². The first-order valence-corrected chi connectivity index (χ1v) is 16.1. The van der Waals surface area contributed by atoms with Crippen LogP contribution in [-0.4, -0.2) is 68.9 Å². The number of hydrogen-bond donors (Lipinski definition) is 1. The van der Waals surface area contributed by atoms with Gasteiger partial charge in [-0.25, -0.2) is 15.0 Å². The van der Waals surface area contributed by atoms with Gasteiger partial charge in [0.25, 0.3) is 5.56 Å². The molecule has 232 valence electrons. The molecule has 11 nitrogen and oxygen atoms in total. The van der Waals surface area contributed by atoms with Gasteiger partial charge in [-0.2, -0.15) is 4.98 Å². The smallest absolute Gasteiger partial charge is 0.260 e. The Balaban J connectivity index is 1.21. The fourth-order valence-corrected chi connectivity index (χ4v) is 6.71. The minimum absolute atomic E-state index is 0.123. The fraction of sp³-hybridized carbons (Fsp3) is 0.364. The first-order valence-electron chi connectivity index (χ1n) is 15.2. The number of piperidine rings is 1. The van der Waals surface area contributed by atoms with E-state index in [0.717, 1.165) is 66.2 Å². The van der Waals surface area contributed by atoms with E-state index in [2.05, 4.69) is 38.8 Å². The van der Waals surface area contributed by atoms with Gasteiger partial charge in [0.15, 0.2) is 12.2 Å². The van der Waals surface area contributed by atoms with Crippen LogP contribution in [0.3, 0.4) is 0 Å². The summed E-state index contributed by atoms with van der Waals surface area (Å²) < 4.78 is 19.2. The Morgan fingerprint density at radius 2 is 2.00 bits per heavy atom. The monoisotopic (exact) mass is 625 g/mol. The van der Waals surface area contributed by atoms with E-state index in [0.29, 0.717) is 41.8 Å². The summed E-state index contributed by atoms with van der Waals surface area (Å²) in [5.41, 5.74) is 3.05. The second kappa shape index (κ2) is 12.9. The Kier molecular flexibility index (Phi) is 8.42. The first kappa shape index (κ1) is 29.3. The molecular formula is C33H35N7O4S. The second-order valence-corrected chi connectivity index (χ2v) is 12.5. The minimum Gasteiger partial charge on any atom is -0.489 e. The van der Waals surface area contributed by atoms with Gasteiger partial charge in [-0.3, -0.25) is 9.36 Å². The van der Waals surface area contributed by atoms with Crippen molar-refractivity contribution in [3.63, 3.8) is 0 Å². The Bertz CT molecular complexity index is 1850. The van der Waals surface area contributed by atoms with E-state index >= 15 is 0 Å². The quantitative estimate of drug-likeness (QED) is 0.221. The molecular weight excluding hydrogens is 590 g/mol. The topological polar surface area (TPSA) is 120 Å². The molecule has 4 aromatic heterocycles. The average Bonchev–Trinajstić information content (AvgIpc) is 3.76. The van der Waals surface area contributed by atoms with Gasteiger partial charge >= 0.3 is 0 Å². The third kappa shape index (κ3) is 6.39. The van der Waals surface area contributed by atoms with Crippen molar-refractivity contribution in [2.24, 2.45) is 5.92 Å². The van der Waals surface area contributed by atoms with Gasteiger partial charge in [0.2, 0.25) is 5.95 Å². The SMILES string of the molecule is C=C(c1cc2cnc(Nc3ccc(OC4CCCN(C)C4)cc3)nc2n(Cc2ocnc2-c2nccs2)c1=O)C1CCOCC1. The molecule has 5 aromatic rings. The highest BCUT2D eigenvalue weighted by atomic mass is 32.1. The van der Waals surface area contributed by atoms with Crippen molar-refractivity contribution in [1.29, 1.82) is 0 Å². The molecule has 6 heterocycles. The fourth-order valence-electron chi connectivity index (χ4n) is 6.06. The van der Waals surface area contributed by atoms with Gasteiger partial charge in [0.05, 0.1) is 6.54 Å². The summed E-state index contributed by atoms with van der Waals surface area (Å²) in [6, 6.07) is 9.64. The predicted octanol–water partition coefficient (Wildman–Crippen LogP) is 5.61. The normalized spacial score (nSPS) is 17.8. The van der Waals surface area contributed by atoms with Crippen LogP contribution < -0.4 is 15.6 Å². The number of allylic oxidation sites excluding steroid dienone is 1. The van der Waals surface area contributed by atoms with Gasteiger partial charge in [-0.15, -0.1) is 11.3 Å². The Morgan fingerprint density at radius 3 is 2.78 bits per heavy atom. The molecule has 0 radical (unpaired) electrons. The number of pyridine rings is 1. The Hall–Kier alpha value is -4.39. The number of ether oxygens (including phenoxy) is 2. The highest BCUT2D eigenvalue weighted by Gasteiger charge is 2.24. The zero-order chi connectivity index (χ0) is 30.8. The van der Waals surface area contributed by atoms with Gasteiger partial charge < -0.3 is 24.1 Å². The molecule has 0 spiro atoms. The van der Waals surface area contributed by atoms with E-state index in [1.165, 1.54) is 17.7 Å². The molecule has 7 rings (SSSR count). The number of thiazole rings is 1. The summed E-state index contributed by atoms with van der Waals surface area (Å²) in [6.45, 7) is 7.83. The second-order valence-electron chi connectivity index (χ2n) is 11.6. The van der Waals surface area contributed by atoms with Crippen molar-refractivity contribution >= 4 is 39.6 Å². The van der Waals surface area contributed by atoms with Crippen LogP contribution in [0.2, 0.25) is 0 Å². The number of fused-ring (bicyclic) bond motifs is 1. The van der Waals surface area contributed by atoms with E-state index in [-0.39, 0.29) is 24.1 Å². The predicted molar refractivity (Wildman–Crippen MR) is 174 cm³/mol. The summed E-state index contributed by atoms with van der Waals surface area (Å²) in [7, 11) is 2.13. The maximum absolute atomic E-state index is 14.2. The lowest BCUT2D eigenvalue weighted by atomic mass is 9.88. The molecule has 0 saturated carbocycles. The molecule has 2 saturated heterocycles. The number of likely N-dealkylation sites (tertiary alicyclic amines) is 1. The molecule has 2 aliphatic heterocycles. The van der Waals surface area contributed by atoms with Crippen LogP contribution in [0.5, 0.6) is 5.75 Å². The molecule has 0 bridgehead atoms. The van der Waals surface area contributed by atoms with Crippen molar-refractivity contribution in [1.82, 2.24) is 29.4 Å². The molecule has 1 aromatic carbocycles. The molecule has 45 heavy (non-hydrogen) atoms. The van der Waals surface area contributed by atoms with Crippen molar-refractivity contribution in [3.8, 4) is 16.5 Å². The molecule has 2 fully saturated rings. The zero-order valence-electron chi connectivity index (χ0n) is 25.1. The van der Waals surface area contributed by atoms with Crippen molar-refractivity contribution in [2.45, 2.75) is 38.3 Å². The third-order valence-corrected chi connectivity index (χ3v) is 9.24. The molecule has 0 amide bonds. The minimum atomic E-state index is -0.194. The number of aromatic nitrogens is 5. The van der Waals surface area contributed by atoms with E-state index < -0.39 is 0 Å². The van der Waals surface area contributed by atoms with E-state index in [1.807, 2.05) is 35.7 Å². The van der Waals surface area contributed by atoms with E-state index in [9.17, 15) is 4.79 Å². The zero-order valence-corrected chi connectivity index (χ0v) is 26.0. The highest BCUT2D eigenvalue weighted by Crippen LogP contribution is 2.31. The van der Waals surface area contributed by atoms with Gasteiger partial charge in [0, 0.05) is 54.2 Å². The molecule has 1 unspecified atom stereocenters. The van der Waals surface area contributed by atoms with Crippen LogP contribution in [0.4, 0.5) is 11.6 Å². The van der Waals surface area contributed by atoms with Crippen LogP contribution in [-0.2, 0) is 11.3 Å². The van der Waals surface area contributed by atoms with Crippen molar-refractivity contribution < 1.29 is 13.9 Å². The van der Waals surface area contributed by atoms with Crippen LogP contribution in [0.25, 0.3) is 27.3 Å². The lowest BCUT2D eigenvalue weighted by Gasteiger charge is -2.30. The summed E-state index contributed by atoms with van der Waals surface area (Å²) in [6.07, 6.45) is 8.88. The first-order chi connectivity index (χ1) is 22.0. The van der Waals surface area contributed by atoms with Crippen LogP contribution in [0, 0.1) is 5.92 Å². The number of nitrogens with one attached hydrogen (secondary N) is 1. The number of rotatable bonds is 9. The van der Waals surface area contributed by atoms with Crippen molar-refractivity contribution in [3.05, 3.63) is 82.8 Å². The molecule has 0 aliphatic carbocycles. The lowest BCUT2D eigenvalue weighted by molar-refractivity contribution is 0.0808. The maximum atomic E-state index is 14.2. The van der Waals surface area contributed by atoms with Gasteiger partial charge in [-0.05, 0) is 81.1 Å². The van der Waals surface area contributed by atoms with Crippen LogP contribution in [0.15, 0.2) is 70.3 Å². The summed E-state index contributed by atoms with van der Waals surface area (Å²) in [5.74, 6) is 1.89. The Morgan fingerprint density at radius 1 is 1.16 bits per heavy atom. The van der Waals surface area contributed by atoms with Crippen LogP contribution in [0.1, 0.15) is 37.0 Å². The van der Waals surface area contributed by atoms with Gasteiger partial charge in [-0.1, -0.05) is 6.58 Å². The summed E-state index contributed by atoms with van der Waals surface area (Å²) >= 11 is 1.46. The molecule has 1 atom stereocenters. The number of anilines is 2. The van der Waals surface area contributed by atoms with E-state index in [4.69, 9.17) is 18.9 Å². The van der Waals surface area contributed by atoms with Gasteiger partial charge in [0.1, 0.15) is 28.2 Å².